The second-order valence-corrected chi connectivity index (χ2v) is 7.47. The van der Waals surface area contributed by atoms with Crippen LogP contribution in [0.1, 0.15) is 23.2 Å². The smallest absolute Gasteiger partial charge is 0.255 e. The number of hydrogen-bond acceptors (Lipinski definition) is 4. The third-order valence-electron chi connectivity index (χ3n) is 3.86. The van der Waals surface area contributed by atoms with Gasteiger partial charge in [0, 0.05) is 30.9 Å². The van der Waals surface area contributed by atoms with Crippen LogP contribution in [0.2, 0.25) is 0 Å². The van der Waals surface area contributed by atoms with Crippen molar-refractivity contribution in [1.29, 1.82) is 0 Å². The van der Waals surface area contributed by atoms with Crippen molar-refractivity contribution in [2.24, 2.45) is 0 Å². The van der Waals surface area contributed by atoms with Gasteiger partial charge in [-0.05, 0) is 43.2 Å². The first kappa shape index (κ1) is 16.4. The molecule has 1 aliphatic heterocycles. The van der Waals surface area contributed by atoms with Crippen LogP contribution in [0.15, 0.2) is 52.3 Å². The molecule has 0 atom stereocenters. The number of nitrogens with one attached hydrogen (secondary N) is 2. The Morgan fingerprint density at radius 2 is 1.71 bits per heavy atom. The molecule has 1 aromatic carbocycles. The Kier molecular flexibility index (Phi) is 4.50. The number of sulfonamides is 1. The van der Waals surface area contributed by atoms with E-state index in [4.69, 9.17) is 0 Å². The van der Waals surface area contributed by atoms with Crippen molar-refractivity contribution in [3.8, 4) is 0 Å². The van der Waals surface area contributed by atoms with Crippen molar-refractivity contribution < 1.29 is 13.2 Å². The summed E-state index contributed by atoms with van der Waals surface area (Å²) in [4.78, 5) is 25.8. The van der Waals surface area contributed by atoms with E-state index in [-0.39, 0.29) is 16.4 Å². The third kappa shape index (κ3) is 3.39. The molecule has 1 saturated heterocycles. The highest BCUT2D eigenvalue weighted by atomic mass is 32.2. The average Bonchev–Trinajstić information content (AvgIpc) is 3.12. The highest BCUT2D eigenvalue weighted by Crippen LogP contribution is 2.21. The van der Waals surface area contributed by atoms with Crippen LogP contribution < -0.4 is 10.9 Å². The van der Waals surface area contributed by atoms with Crippen LogP contribution in [0.3, 0.4) is 0 Å². The summed E-state index contributed by atoms with van der Waals surface area (Å²) < 4.78 is 26.3. The number of carbonyl (C=O) groups excluding carboxylic acids is 1. The van der Waals surface area contributed by atoms with Gasteiger partial charge in [-0.25, -0.2) is 8.42 Å². The van der Waals surface area contributed by atoms with Crippen molar-refractivity contribution in [2.45, 2.75) is 17.7 Å². The van der Waals surface area contributed by atoms with Crippen LogP contribution in [0.5, 0.6) is 0 Å². The second kappa shape index (κ2) is 6.58. The molecule has 0 saturated carbocycles. The topological polar surface area (TPSA) is 99.3 Å². The van der Waals surface area contributed by atoms with E-state index in [9.17, 15) is 18.0 Å². The van der Waals surface area contributed by atoms with Crippen molar-refractivity contribution in [2.75, 3.05) is 18.4 Å². The number of amides is 1. The van der Waals surface area contributed by atoms with Gasteiger partial charge in [-0.3, -0.25) is 9.59 Å². The van der Waals surface area contributed by atoms with Gasteiger partial charge < -0.3 is 10.3 Å². The summed E-state index contributed by atoms with van der Waals surface area (Å²) >= 11 is 0. The molecule has 1 fully saturated rings. The van der Waals surface area contributed by atoms with Crippen LogP contribution in [-0.4, -0.2) is 36.7 Å². The third-order valence-corrected chi connectivity index (χ3v) is 5.77. The van der Waals surface area contributed by atoms with E-state index < -0.39 is 10.0 Å². The first-order valence-electron chi connectivity index (χ1n) is 7.57. The number of rotatable bonds is 4. The fourth-order valence-corrected chi connectivity index (χ4v) is 4.06. The highest BCUT2D eigenvalue weighted by Gasteiger charge is 2.27. The molecular weight excluding hydrogens is 330 g/mol. The van der Waals surface area contributed by atoms with E-state index >= 15 is 0 Å². The Morgan fingerprint density at radius 1 is 1.04 bits per heavy atom. The van der Waals surface area contributed by atoms with Gasteiger partial charge in [0.1, 0.15) is 0 Å². The maximum absolute atomic E-state index is 12.4. The number of benzene rings is 1. The molecule has 0 aliphatic carbocycles. The molecule has 2 heterocycles. The normalized spacial score (nSPS) is 15.3. The molecule has 3 rings (SSSR count). The van der Waals surface area contributed by atoms with Gasteiger partial charge in [-0.2, -0.15) is 4.31 Å². The lowest BCUT2D eigenvalue weighted by Crippen LogP contribution is -2.27. The molecular formula is C16H17N3O4S. The van der Waals surface area contributed by atoms with Gasteiger partial charge in [0.05, 0.1) is 10.6 Å². The summed E-state index contributed by atoms with van der Waals surface area (Å²) in [6, 6.07) is 8.63. The number of aromatic amines is 1. The lowest BCUT2D eigenvalue weighted by atomic mass is 10.2. The fourth-order valence-electron chi connectivity index (χ4n) is 2.55. The van der Waals surface area contributed by atoms with Crippen LogP contribution in [0.25, 0.3) is 0 Å². The Balaban J connectivity index is 1.75. The average molecular weight is 347 g/mol. The van der Waals surface area contributed by atoms with Crippen LogP contribution >= 0.6 is 0 Å². The molecule has 1 aromatic heterocycles. The Morgan fingerprint density at radius 3 is 2.29 bits per heavy atom. The van der Waals surface area contributed by atoms with Crippen LogP contribution in [0, 0.1) is 0 Å². The quantitative estimate of drug-likeness (QED) is 0.873. The summed E-state index contributed by atoms with van der Waals surface area (Å²) in [5.41, 5.74) is 0.527. The number of hydrogen-bond donors (Lipinski definition) is 2. The lowest BCUT2D eigenvalue weighted by molar-refractivity contribution is 0.102. The zero-order valence-electron chi connectivity index (χ0n) is 12.9. The van der Waals surface area contributed by atoms with Crippen molar-refractivity contribution in [3.05, 3.63) is 58.5 Å². The van der Waals surface area contributed by atoms with E-state index in [1.165, 1.54) is 46.9 Å². The van der Waals surface area contributed by atoms with Gasteiger partial charge in [-0.15, -0.1) is 0 Å². The summed E-state index contributed by atoms with van der Waals surface area (Å²) in [7, 11) is -3.48. The number of carbonyl (C=O) groups is 1. The van der Waals surface area contributed by atoms with Crippen LogP contribution in [-0.2, 0) is 10.0 Å². The number of H-pyrrole nitrogens is 1. The van der Waals surface area contributed by atoms with E-state index in [1.807, 2.05) is 0 Å². The van der Waals surface area contributed by atoms with E-state index in [0.29, 0.717) is 24.3 Å². The van der Waals surface area contributed by atoms with Crippen molar-refractivity contribution in [3.63, 3.8) is 0 Å². The maximum atomic E-state index is 12.4. The van der Waals surface area contributed by atoms with Crippen molar-refractivity contribution >= 4 is 21.6 Å². The molecule has 126 valence electrons. The highest BCUT2D eigenvalue weighted by molar-refractivity contribution is 7.89. The summed E-state index contributed by atoms with van der Waals surface area (Å²) in [6.07, 6.45) is 3.14. The standard InChI is InChI=1S/C16H17N3O4S/c20-15-8-5-13(11-17-15)18-16(21)12-3-6-14(7-4-12)24(22,23)19-9-1-2-10-19/h3-8,11H,1-2,9-10H2,(H,17,20)(H,18,21). The molecule has 0 spiro atoms. The van der Waals surface area contributed by atoms with Crippen LogP contribution in [0.4, 0.5) is 5.69 Å². The minimum absolute atomic E-state index is 0.185. The molecule has 24 heavy (non-hydrogen) atoms. The first-order valence-corrected chi connectivity index (χ1v) is 9.01. The monoisotopic (exact) mass is 347 g/mol. The molecule has 0 unspecified atom stereocenters. The molecule has 2 N–H and O–H groups in total. The minimum Gasteiger partial charge on any atom is -0.327 e. The maximum Gasteiger partial charge on any atom is 0.255 e. The summed E-state index contributed by atoms with van der Waals surface area (Å²) in [5, 5.41) is 2.63. The molecule has 1 aliphatic rings. The van der Waals surface area contributed by atoms with Gasteiger partial charge in [0.15, 0.2) is 0 Å². The second-order valence-electron chi connectivity index (χ2n) is 5.53. The minimum atomic E-state index is -3.48. The molecule has 7 nitrogen and oxygen atoms in total. The molecule has 0 radical (unpaired) electrons. The zero-order chi connectivity index (χ0) is 17.2. The largest absolute Gasteiger partial charge is 0.327 e. The Hall–Kier alpha value is -2.45. The summed E-state index contributed by atoms with van der Waals surface area (Å²) in [5.74, 6) is -0.382. The fraction of sp³-hybridized carbons (Fsp3) is 0.250. The first-order chi connectivity index (χ1) is 11.5. The molecule has 8 heteroatoms. The zero-order valence-corrected chi connectivity index (χ0v) is 13.7. The van der Waals surface area contributed by atoms with E-state index in [1.54, 1.807) is 0 Å². The van der Waals surface area contributed by atoms with E-state index in [2.05, 4.69) is 10.3 Å². The Labute approximate surface area is 139 Å². The number of pyridine rings is 1. The SMILES string of the molecule is O=C(Nc1ccc(=O)[nH]c1)c1ccc(S(=O)(=O)N2CCCC2)cc1. The predicted octanol–water partition coefficient (Wildman–Crippen LogP) is 1.41. The van der Waals surface area contributed by atoms with Gasteiger partial charge >= 0.3 is 0 Å². The molecule has 0 bridgehead atoms. The van der Waals surface area contributed by atoms with E-state index in [0.717, 1.165) is 12.8 Å². The summed E-state index contributed by atoms with van der Waals surface area (Å²) in [6.45, 7) is 1.08. The number of nitrogens with zero attached hydrogens (tertiary/aromatic N) is 1. The lowest BCUT2D eigenvalue weighted by Gasteiger charge is -2.15. The van der Waals surface area contributed by atoms with Gasteiger partial charge in [0.2, 0.25) is 15.6 Å². The van der Waals surface area contributed by atoms with Gasteiger partial charge in [0.25, 0.3) is 5.91 Å². The predicted molar refractivity (Wildman–Crippen MR) is 89.5 cm³/mol. The Bertz CT molecular complexity index is 877. The molecule has 2 aromatic rings. The number of aromatic nitrogens is 1. The van der Waals surface area contributed by atoms with Gasteiger partial charge in [-0.1, -0.05) is 0 Å². The van der Waals surface area contributed by atoms with Crippen molar-refractivity contribution in [1.82, 2.24) is 9.29 Å². The molecule has 1 amide bonds. The number of anilines is 1.